The molecule has 0 saturated heterocycles. The summed E-state index contributed by atoms with van der Waals surface area (Å²) in [6, 6.07) is 39.0. The highest BCUT2D eigenvalue weighted by molar-refractivity contribution is 5.80. The molecule has 0 N–H and O–H groups in total. The van der Waals surface area contributed by atoms with Gasteiger partial charge in [0.15, 0.2) is 11.5 Å². The molecule has 0 radical (unpaired) electrons. The molecule has 0 unspecified atom stereocenters. The number of nitrogens with zero attached hydrogens (tertiary/aromatic N) is 1. The monoisotopic (exact) mass is 559 g/mol. The number of ether oxygens (including phenoxy) is 4. The van der Waals surface area contributed by atoms with Crippen LogP contribution in [-0.4, -0.2) is 10.7 Å². The van der Waals surface area contributed by atoms with Crippen LogP contribution in [0.4, 0.5) is 4.79 Å². The van der Waals surface area contributed by atoms with Crippen LogP contribution in [0, 0.1) is 0 Å². The van der Waals surface area contributed by atoms with Crippen molar-refractivity contribution in [1.29, 1.82) is 0 Å². The Morgan fingerprint density at radius 3 is 1.48 bits per heavy atom. The Morgan fingerprint density at radius 1 is 0.571 bits per heavy atom. The molecule has 5 aromatic rings. The van der Waals surface area contributed by atoms with Crippen LogP contribution in [0.1, 0.15) is 33.6 Å². The molecule has 6 nitrogen and oxygen atoms in total. The molecule has 0 fully saturated rings. The van der Waals surface area contributed by atoms with Gasteiger partial charge in [-0.25, -0.2) is 9.36 Å². The molecule has 1 aromatic heterocycles. The van der Waals surface area contributed by atoms with E-state index in [2.05, 4.69) is 6.58 Å². The van der Waals surface area contributed by atoms with Crippen molar-refractivity contribution in [2.24, 2.45) is 0 Å². The van der Waals surface area contributed by atoms with Gasteiger partial charge in [0.1, 0.15) is 25.5 Å². The molecule has 0 aliphatic rings. The minimum Gasteiger partial charge on any atom is -0.483 e. The standard InChI is InChI=1S/C36H33NO5/c1-2-32-34(40-24-29-17-9-4-10-18-29)35(41-25-30-19-11-5-12-20-30)33(27-39-23-28-15-7-3-8-16-28)37(32)36(38)42-26-31-21-13-6-14-22-31/h2-22H,1,23-27H2. The van der Waals surface area contributed by atoms with Crippen LogP contribution in [0.3, 0.4) is 0 Å². The van der Waals surface area contributed by atoms with Gasteiger partial charge in [0.2, 0.25) is 0 Å². The predicted molar refractivity (Wildman–Crippen MR) is 163 cm³/mol. The summed E-state index contributed by atoms with van der Waals surface area (Å²) in [7, 11) is 0. The summed E-state index contributed by atoms with van der Waals surface area (Å²) in [5, 5.41) is 0. The minimum absolute atomic E-state index is 0.0784. The fourth-order valence-electron chi connectivity index (χ4n) is 4.49. The van der Waals surface area contributed by atoms with Crippen molar-refractivity contribution in [1.82, 2.24) is 4.57 Å². The molecular weight excluding hydrogens is 526 g/mol. The van der Waals surface area contributed by atoms with Gasteiger partial charge in [0.25, 0.3) is 0 Å². The first-order valence-electron chi connectivity index (χ1n) is 13.8. The lowest BCUT2D eigenvalue weighted by atomic mass is 10.2. The maximum atomic E-state index is 13.7. The highest BCUT2D eigenvalue weighted by atomic mass is 16.6. The smallest absolute Gasteiger partial charge is 0.419 e. The van der Waals surface area contributed by atoms with Crippen LogP contribution in [0.25, 0.3) is 6.08 Å². The van der Waals surface area contributed by atoms with E-state index in [-0.39, 0.29) is 26.4 Å². The zero-order valence-electron chi connectivity index (χ0n) is 23.4. The number of aromatic nitrogens is 1. The lowest BCUT2D eigenvalue weighted by Gasteiger charge is -2.13. The zero-order chi connectivity index (χ0) is 29.0. The highest BCUT2D eigenvalue weighted by Crippen LogP contribution is 2.41. The Labute approximate surface area is 246 Å². The largest absolute Gasteiger partial charge is 0.483 e. The molecule has 5 rings (SSSR count). The predicted octanol–water partition coefficient (Wildman–Crippen LogP) is 8.19. The van der Waals surface area contributed by atoms with Crippen LogP contribution >= 0.6 is 0 Å². The van der Waals surface area contributed by atoms with Crippen LogP contribution in [0.15, 0.2) is 128 Å². The first-order chi connectivity index (χ1) is 20.7. The zero-order valence-corrected chi connectivity index (χ0v) is 23.4. The van der Waals surface area contributed by atoms with Crippen LogP contribution in [-0.2, 0) is 42.5 Å². The van der Waals surface area contributed by atoms with Crippen LogP contribution in [0.5, 0.6) is 11.5 Å². The summed E-state index contributed by atoms with van der Waals surface area (Å²) in [5.74, 6) is 0.814. The molecule has 0 aliphatic carbocycles. The third-order valence-corrected chi connectivity index (χ3v) is 6.60. The van der Waals surface area contributed by atoms with Crippen molar-refractivity contribution in [2.75, 3.05) is 0 Å². The molecule has 6 heteroatoms. The quantitative estimate of drug-likeness (QED) is 0.146. The normalized spacial score (nSPS) is 10.7. The molecule has 0 spiro atoms. The van der Waals surface area contributed by atoms with E-state index < -0.39 is 6.09 Å². The van der Waals surface area contributed by atoms with Crippen LogP contribution < -0.4 is 9.47 Å². The Hall–Kier alpha value is -5.07. The molecule has 0 bridgehead atoms. The van der Waals surface area contributed by atoms with E-state index in [1.807, 2.05) is 121 Å². The second-order valence-corrected chi connectivity index (χ2v) is 9.60. The first-order valence-corrected chi connectivity index (χ1v) is 13.8. The summed E-state index contributed by atoms with van der Waals surface area (Å²) in [6.07, 6.45) is 1.01. The van der Waals surface area contributed by atoms with Crippen molar-refractivity contribution in [2.45, 2.75) is 33.0 Å². The van der Waals surface area contributed by atoms with Crippen molar-refractivity contribution >= 4 is 12.2 Å². The summed E-state index contributed by atoms with van der Waals surface area (Å²) in [4.78, 5) is 13.7. The Balaban J connectivity index is 1.51. The molecule has 0 aliphatic heterocycles. The van der Waals surface area contributed by atoms with E-state index in [1.54, 1.807) is 6.08 Å². The summed E-state index contributed by atoms with van der Waals surface area (Å²) < 4.78 is 26.1. The van der Waals surface area contributed by atoms with Gasteiger partial charge < -0.3 is 18.9 Å². The van der Waals surface area contributed by atoms with Gasteiger partial charge in [-0.3, -0.25) is 0 Å². The average Bonchev–Trinajstić information content (AvgIpc) is 3.35. The summed E-state index contributed by atoms with van der Waals surface area (Å²) in [5.41, 5.74) is 4.76. The van der Waals surface area contributed by atoms with E-state index in [0.717, 1.165) is 22.3 Å². The Bertz CT molecular complexity index is 1570. The number of carbonyl (C=O) groups is 1. The van der Waals surface area contributed by atoms with Gasteiger partial charge in [-0.05, 0) is 28.3 Å². The number of benzene rings is 4. The van der Waals surface area contributed by atoms with Crippen molar-refractivity contribution in [3.8, 4) is 11.5 Å². The molecule has 42 heavy (non-hydrogen) atoms. The van der Waals surface area contributed by atoms with Crippen LogP contribution in [0.2, 0.25) is 0 Å². The van der Waals surface area contributed by atoms with Gasteiger partial charge in [0.05, 0.1) is 18.9 Å². The minimum atomic E-state index is -0.578. The van der Waals surface area contributed by atoms with Gasteiger partial charge in [-0.2, -0.15) is 0 Å². The number of hydrogen-bond acceptors (Lipinski definition) is 5. The third kappa shape index (κ3) is 7.36. The summed E-state index contributed by atoms with van der Waals surface area (Å²) >= 11 is 0. The molecule has 0 atom stereocenters. The number of rotatable bonds is 13. The van der Waals surface area contributed by atoms with Gasteiger partial charge in [-0.15, -0.1) is 0 Å². The molecule has 0 saturated carbocycles. The Kier molecular flexibility index (Phi) is 9.84. The van der Waals surface area contributed by atoms with Gasteiger partial charge in [-0.1, -0.05) is 128 Å². The molecular formula is C36H33NO5. The van der Waals surface area contributed by atoms with Gasteiger partial charge >= 0.3 is 6.09 Å². The Morgan fingerprint density at radius 2 is 1.00 bits per heavy atom. The van der Waals surface area contributed by atoms with Gasteiger partial charge in [0, 0.05) is 0 Å². The van der Waals surface area contributed by atoms with Crippen molar-refractivity contribution in [3.63, 3.8) is 0 Å². The second-order valence-electron chi connectivity index (χ2n) is 9.60. The first kappa shape index (κ1) is 28.5. The van der Waals surface area contributed by atoms with Crippen molar-refractivity contribution in [3.05, 3.63) is 162 Å². The average molecular weight is 560 g/mol. The van der Waals surface area contributed by atoms with Crippen molar-refractivity contribution < 1.29 is 23.7 Å². The maximum Gasteiger partial charge on any atom is 0.419 e. The number of carbonyl (C=O) groups excluding carboxylic acids is 1. The molecule has 4 aromatic carbocycles. The fourth-order valence-corrected chi connectivity index (χ4v) is 4.49. The number of hydrogen-bond donors (Lipinski definition) is 0. The highest BCUT2D eigenvalue weighted by Gasteiger charge is 2.29. The maximum absolute atomic E-state index is 13.7. The second kappa shape index (κ2) is 14.5. The van der Waals surface area contributed by atoms with E-state index in [1.165, 1.54) is 4.57 Å². The van der Waals surface area contributed by atoms with E-state index in [4.69, 9.17) is 18.9 Å². The van der Waals surface area contributed by atoms with E-state index in [9.17, 15) is 4.79 Å². The van der Waals surface area contributed by atoms with E-state index in [0.29, 0.717) is 29.5 Å². The third-order valence-electron chi connectivity index (χ3n) is 6.60. The molecule has 212 valence electrons. The molecule has 0 amide bonds. The topological polar surface area (TPSA) is 58.9 Å². The SMILES string of the molecule is C=Cc1c(OCc2ccccc2)c(OCc2ccccc2)c(COCc2ccccc2)n1C(=O)OCc1ccccc1. The summed E-state index contributed by atoms with van der Waals surface area (Å²) in [6.45, 7) is 5.09. The van der Waals surface area contributed by atoms with E-state index >= 15 is 0 Å². The lowest BCUT2D eigenvalue weighted by molar-refractivity contribution is 0.0958. The fraction of sp³-hybridized carbons (Fsp3) is 0.139. The molecule has 1 heterocycles. The lowest BCUT2D eigenvalue weighted by Crippen LogP contribution is -2.18.